The number of hydrogen-bond donors (Lipinski definition) is 0. The minimum absolute atomic E-state index is 0.206. The molecule has 9 aromatic rings. The van der Waals surface area contributed by atoms with Gasteiger partial charge in [-0.15, -0.1) is 0 Å². The molecule has 0 saturated carbocycles. The van der Waals surface area contributed by atoms with E-state index in [0.29, 0.717) is 59.3 Å². The van der Waals surface area contributed by atoms with Gasteiger partial charge in [0.1, 0.15) is 40.1 Å². The summed E-state index contributed by atoms with van der Waals surface area (Å²) in [5.74, 6) is 0.812. The average molecular weight is 1240 g/mol. The number of hydrogen-bond acceptors (Lipinski definition) is 10. The molecule has 4 atom stereocenters. The van der Waals surface area contributed by atoms with Crippen LogP contribution in [0, 0.1) is 17.2 Å². The third-order valence-electron chi connectivity index (χ3n) is 19.1. The third kappa shape index (κ3) is 15.0. The monoisotopic (exact) mass is 1240 g/mol. The smallest absolute Gasteiger partial charge is 0.355 e. The third-order valence-corrected chi connectivity index (χ3v) is 19.1. The first-order chi connectivity index (χ1) is 44.1. The molecular weight excluding hydrogens is 1150 g/mol. The lowest BCUT2D eigenvalue weighted by atomic mass is 9.71. The molecule has 0 aromatic heterocycles. The van der Waals surface area contributed by atoms with E-state index in [0.717, 1.165) is 38.9 Å². The summed E-state index contributed by atoms with van der Waals surface area (Å²) in [6.07, 6.45) is 1.63. The van der Waals surface area contributed by atoms with Gasteiger partial charge in [0.15, 0.2) is 0 Å². The second kappa shape index (κ2) is 27.6. The van der Waals surface area contributed by atoms with Gasteiger partial charge in [-0.25, -0.2) is 9.59 Å². The summed E-state index contributed by atoms with van der Waals surface area (Å²) in [5, 5.41) is 9.72. The van der Waals surface area contributed by atoms with Crippen LogP contribution >= 0.6 is 0 Å². The number of carbonyl (C=O) groups is 3. The van der Waals surface area contributed by atoms with Gasteiger partial charge in [-0.05, 0) is 189 Å². The molecule has 478 valence electrons. The number of benzene rings is 9. The Morgan fingerprint density at radius 1 is 0.376 bits per heavy atom. The number of rotatable bonds is 25. The summed E-state index contributed by atoms with van der Waals surface area (Å²) >= 11 is 0. The van der Waals surface area contributed by atoms with Crippen LogP contribution in [0.1, 0.15) is 172 Å². The lowest BCUT2D eigenvalue weighted by Crippen LogP contribution is -2.44. The number of ether oxygens (including phenoxy) is 6. The van der Waals surface area contributed by atoms with Crippen molar-refractivity contribution in [1.29, 1.82) is 5.26 Å². The van der Waals surface area contributed by atoms with E-state index in [1.54, 1.807) is 57.2 Å². The summed E-state index contributed by atoms with van der Waals surface area (Å²) in [6, 6.07) is 76.6. The molecule has 0 aliphatic rings. The summed E-state index contributed by atoms with van der Waals surface area (Å²) in [6.45, 7) is 28.0. The van der Waals surface area contributed by atoms with E-state index in [1.807, 2.05) is 198 Å². The van der Waals surface area contributed by atoms with E-state index in [9.17, 15) is 19.6 Å². The summed E-state index contributed by atoms with van der Waals surface area (Å²) in [7, 11) is 0. The zero-order valence-corrected chi connectivity index (χ0v) is 56.3. The molecule has 0 saturated heterocycles. The van der Waals surface area contributed by atoms with Crippen molar-refractivity contribution in [1.82, 2.24) is 0 Å². The predicted molar refractivity (Wildman–Crippen MR) is 369 cm³/mol. The molecule has 0 fully saturated rings. The van der Waals surface area contributed by atoms with Crippen LogP contribution in [0.2, 0.25) is 0 Å². The normalized spacial score (nSPS) is 14.2. The van der Waals surface area contributed by atoms with Gasteiger partial charge in [-0.2, -0.15) is 5.26 Å². The molecule has 4 unspecified atom stereocenters. The molecule has 0 spiro atoms. The Bertz CT molecular complexity index is 4040. The molecule has 9 rings (SSSR count). The van der Waals surface area contributed by atoms with Gasteiger partial charge < -0.3 is 28.4 Å². The Labute approximate surface area is 550 Å². The Balaban J connectivity index is 0.821. The lowest BCUT2D eigenvalue weighted by Gasteiger charge is -2.34. The highest BCUT2D eigenvalue weighted by molar-refractivity contribution is 5.82. The number of nitrogens with zero attached hydrogens (tertiary/aromatic N) is 1. The molecule has 10 heteroatoms. The standard InChI is InChI=1S/C83H87NO9/c1-15-55-82(13,76(87)90-70-45-33-61(34-46-70)77(4,5)59-23-19-17-20-24-59)93-73-53-41-67(42-54-73)83(14,65-29-27-58(56-84)28-30-65)66-39-47-68(48-40-66)88-74(85)57(3)81(12,16-2)92-72-51-37-64(38-52-72)79(8,9)62-31-43-69(44-32-62)89-75(86)80(10,11)91-71-49-35-63(36-50-71)78(6,7)60-25-21-18-22-26-60/h17-54,57H,15-16,55H2,1-14H3. The second-order valence-electron chi connectivity index (χ2n) is 27.0. The van der Waals surface area contributed by atoms with Gasteiger partial charge in [0.05, 0.1) is 17.6 Å². The van der Waals surface area contributed by atoms with Crippen LogP contribution in [-0.4, -0.2) is 34.7 Å². The average Bonchev–Trinajstić information content (AvgIpc) is 0.811. The van der Waals surface area contributed by atoms with Crippen molar-refractivity contribution < 1.29 is 42.8 Å². The Kier molecular flexibility index (Phi) is 20.1. The molecule has 0 bridgehead atoms. The zero-order valence-electron chi connectivity index (χ0n) is 56.3. The van der Waals surface area contributed by atoms with Crippen molar-refractivity contribution >= 4 is 17.9 Å². The van der Waals surface area contributed by atoms with Gasteiger partial charge in [-0.1, -0.05) is 207 Å². The molecule has 93 heavy (non-hydrogen) atoms. The molecule has 9 aromatic carbocycles. The van der Waals surface area contributed by atoms with Crippen molar-refractivity contribution in [3.8, 4) is 40.6 Å². The van der Waals surface area contributed by atoms with E-state index in [1.165, 1.54) is 11.1 Å². The highest BCUT2D eigenvalue weighted by atomic mass is 16.6. The van der Waals surface area contributed by atoms with Gasteiger partial charge in [-0.3, -0.25) is 4.79 Å². The minimum atomic E-state index is -1.28. The van der Waals surface area contributed by atoms with Crippen LogP contribution in [0.3, 0.4) is 0 Å². The summed E-state index contributed by atoms with van der Waals surface area (Å²) < 4.78 is 37.4. The maximum atomic E-state index is 14.1. The molecule has 10 nitrogen and oxygen atoms in total. The van der Waals surface area contributed by atoms with Crippen LogP contribution < -0.4 is 28.4 Å². The molecule has 0 heterocycles. The quantitative estimate of drug-likeness (QED) is 0.0310. The highest BCUT2D eigenvalue weighted by Crippen LogP contribution is 2.43. The fourth-order valence-corrected chi connectivity index (χ4v) is 12.0. The molecule has 0 N–H and O–H groups in total. The van der Waals surface area contributed by atoms with Gasteiger partial charge in [0, 0.05) is 21.7 Å². The Morgan fingerprint density at radius 3 is 1.05 bits per heavy atom. The lowest BCUT2D eigenvalue weighted by molar-refractivity contribution is -0.151. The highest BCUT2D eigenvalue weighted by Gasteiger charge is 2.41. The van der Waals surface area contributed by atoms with Crippen LogP contribution in [-0.2, 0) is 36.0 Å². The number of esters is 3. The Morgan fingerprint density at radius 2 is 0.688 bits per heavy atom. The van der Waals surface area contributed by atoms with Crippen LogP contribution in [0.4, 0.5) is 0 Å². The van der Waals surface area contributed by atoms with E-state index >= 15 is 0 Å². The zero-order chi connectivity index (χ0) is 67.0. The van der Waals surface area contributed by atoms with Crippen LogP contribution in [0.5, 0.6) is 34.5 Å². The molecule has 0 amide bonds. The summed E-state index contributed by atoms with van der Waals surface area (Å²) in [4.78, 5) is 41.6. The maximum Gasteiger partial charge on any atom is 0.355 e. The fraction of sp³-hybridized carbons (Fsp3) is 0.301. The van der Waals surface area contributed by atoms with E-state index in [-0.39, 0.29) is 10.8 Å². The molecular formula is C83H87NO9. The number of carbonyl (C=O) groups excluding carboxylic acids is 3. The van der Waals surface area contributed by atoms with Crippen LogP contribution in [0.25, 0.3) is 0 Å². The number of nitriles is 1. The molecule has 0 radical (unpaired) electrons. The fourth-order valence-electron chi connectivity index (χ4n) is 12.0. The second-order valence-corrected chi connectivity index (χ2v) is 27.0. The van der Waals surface area contributed by atoms with Crippen molar-refractivity contribution in [3.05, 3.63) is 286 Å². The van der Waals surface area contributed by atoms with Gasteiger partial charge >= 0.3 is 17.9 Å². The predicted octanol–water partition coefficient (Wildman–Crippen LogP) is 19.0. The summed E-state index contributed by atoms with van der Waals surface area (Å²) in [5.41, 5.74) is 4.88. The first-order valence-electron chi connectivity index (χ1n) is 32.1. The molecule has 0 aliphatic heterocycles. The largest absolute Gasteiger partial charge is 0.487 e. The van der Waals surface area contributed by atoms with Crippen molar-refractivity contribution in [2.75, 3.05) is 0 Å². The van der Waals surface area contributed by atoms with Crippen LogP contribution in [0.15, 0.2) is 231 Å². The SMILES string of the molecule is CCCC(C)(Oc1ccc(C(C)(c2ccc(C#N)cc2)c2ccc(OC(=O)C(C)C(C)(CC)Oc3ccc(C(C)(C)c4ccc(OC(=O)C(C)(C)Oc5ccc(C(C)(C)c6ccccc6)cc5)cc4)cc3)cc2)cc1)C(=O)Oc1ccc(C(C)(C)c2ccccc2)cc1. The van der Waals surface area contributed by atoms with E-state index in [4.69, 9.17) is 28.4 Å². The van der Waals surface area contributed by atoms with E-state index < -0.39 is 51.5 Å². The van der Waals surface area contributed by atoms with Crippen molar-refractivity contribution in [2.24, 2.45) is 5.92 Å². The minimum Gasteiger partial charge on any atom is -0.487 e. The van der Waals surface area contributed by atoms with E-state index in [2.05, 4.69) is 78.8 Å². The maximum absolute atomic E-state index is 14.1. The first-order valence-corrected chi connectivity index (χ1v) is 32.1. The topological polar surface area (TPSA) is 130 Å². The van der Waals surface area contributed by atoms with Gasteiger partial charge in [0.2, 0.25) is 11.2 Å². The van der Waals surface area contributed by atoms with Crippen molar-refractivity contribution in [2.45, 2.75) is 155 Å². The van der Waals surface area contributed by atoms with Crippen molar-refractivity contribution in [3.63, 3.8) is 0 Å². The first kappa shape index (κ1) is 67.7. The molecule has 0 aliphatic carbocycles. The van der Waals surface area contributed by atoms with Gasteiger partial charge in [0.25, 0.3) is 0 Å². The Hall–Kier alpha value is -9.72.